The predicted octanol–water partition coefficient (Wildman–Crippen LogP) is 4.56. The number of fused-ring (bicyclic) bond motifs is 1. The van der Waals surface area contributed by atoms with E-state index in [-0.39, 0.29) is 32.7 Å². The maximum atomic E-state index is 10.4. The zero-order chi connectivity index (χ0) is 13.2. The Morgan fingerprint density at radius 1 is 1.47 bits per heavy atom. The number of hydrogen-bond acceptors (Lipinski definition) is 1. The Labute approximate surface area is 143 Å². The molecule has 2 rings (SSSR count). The fraction of sp³-hybridized carbons (Fsp3) is 0.824. The minimum absolute atomic E-state index is 0. The van der Waals surface area contributed by atoms with Gasteiger partial charge in [-0.2, -0.15) is 0 Å². The van der Waals surface area contributed by atoms with E-state index in [1.54, 1.807) is 0 Å². The van der Waals surface area contributed by atoms with Gasteiger partial charge in [-0.05, 0) is 48.9 Å². The first-order valence-corrected chi connectivity index (χ1v) is 7.64. The third kappa shape index (κ3) is 3.59. The SMILES string of the molecule is [CH-]=C1CCC[C@@]2(C)C1CC[C@@H]2[C@H](C)CCCC=O.[Y]. The summed E-state index contributed by atoms with van der Waals surface area (Å²) in [6, 6.07) is 0. The van der Waals surface area contributed by atoms with Gasteiger partial charge in [-0.25, -0.2) is 0 Å². The Bertz CT molecular complexity index is 325. The molecule has 2 saturated carbocycles. The number of rotatable bonds is 5. The van der Waals surface area contributed by atoms with Crippen molar-refractivity contribution in [3.63, 3.8) is 0 Å². The summed E-state index contributed by atoms with van der Waals surface area (Å²) in [4.78, 5) is 10.4. The van der Waals surface area contributed by atoms with Crippen LogP contribution >= 0.6 is 0 Å². The average molecular weight is 336 g/mol. The monoisotopic (exact) mass is 336 g/mol. The van der Waals surface area contributed by atoms with Crippen LogP contribution in [0.5, 0.6) is 0 Å². The van der Waals surface area contributed by atoms with Gasteiger partial charge >= 0.3 is 0 Å². The predicted molar refractivity (Wildman–Crippen MR) is 75.1 cm³/mol. The maximum Gasteiger partial charge on any atom is 0.119 e. The summed E-state index contributed by atoms with van der Waals surface area (Å²) in [6.45, 7) is 11.1. The molecule has 2 aliphatic rings. The first-order chi connectivity index (χ1) is 8.59. The summed E-state index contributed by atoms with van der Waals surface area (Å²) in [7, 11) is 0. The first-order valence-electron chi connectivity index (χ1n) is 7.64. The zero-order valence-corrected chi connectivity index (χ0v) is 15.4. The molecule has 19 heavy (non-hydrogen) atoms. The molecule has 0 bridgehead atoms. The Balaban J connectivity index is 0.00000180. The largest absolute Gasteiger partial charge is 0.514 e. The maximum absolute atomic E-state index is 10.4. The second kappa shape index (κ2) is 7.50. The molecule has 1 unspecified atom stereocenters. The molecule has 0 amide bonds. The number of carbonyl (C=O) groups is 1. The molecule has 1 radical (unpaired) electrons. The van der Waals surface area contributed by atoms with Crippen LogP contribution in [0.1, 0.15) is 65.2 Å². The van der Waals surface area contributed by atoms with E-state index in [1.165, 1.54) is 37.7 Å². The van der Waals surface area contributed by atoms with Crippen molar-refractivity contribution in [2.24, 2.45) is 23.2 Å². The van der Waals surface area contributed by atoms with Gasteiger partial charge in [0.1, 0.15) is 6.29 Å². The Hall–Kier alpha value is 0.514. The summed E-state index contributed by atoms with van der Waals surface area (Å²) < 4.78 is 0. The zero-order valence-electron chi connectivity index (χ0n) is 12.5. The van der Waals surface area contributed by atoms with Crippen LogP contribution < -0.4 is 0 Å². The van der Waals surface area contributed by atoms with E-state index in [4.69, 9.17) is 6.58 Å². The second-order valence-electron chi connectivity index (χ2n) is 6.75. The van der Waals surface area contributed by atoms with Crippen LogP contribution in [0.25, 0.3) is 0 Å². The Morgan fingerprint density at radius 3 is 2.89 bits per heavy atom. The number of allylic oxidation sites excluding steroid dienone is 1. The molecular formula is C17H27OY-. The van der Waals surface area contributed by atoms with Crippen molar-refractivity contribution in [1.82, 2.24) is 0 Å². The summed E-state index contributed by atoms with van der Waals surface area (Å²) in [5.74, 6) is 2.23. The quantitative estimate of drug-likeness (QED) is 0.408. The van der Waals surface area contributed by atoms with Gasteiger partial charge in [-0.15, -0.1) is 0 Å². The smallest absolute Gasteiger partial charge is 0.119 e. The molecule has 2 fully saturated rings. The number of hydrogen-bond donors (Lipinski definition) is 0. The Morgan fingerprint density at radius 2 is 2.21 bits per heavy atom. The second-order valence-corrected chi connectivity index (χ2v) is 6.75. The van der Waals surface area contributed by atoms with E-state index in [0.29, 0.717) is 11.3 Å². The van der Waals surface area contributed by atoms with Crippen LogP contribution in [0, 0.1) is 29.7 Å². The van der Waals surface area contributed by atoms with Gasteiger partial charge in [0.05, 0.1) is 0 Å². The molecule has 0 aromatic carbocycles. The van der Waals surface area contributed by atoms with Crippen LogP contribution in [0.15, 0.2) is 5.57 Å². The molecule has 1 nitrogen and oxygen atoms in total. The molecule has 4 atom stereocenters. The minimum Gasteiger partial charge on any atom is -0.514 e. The van der Waals surface area contributed by atoms with Gasteiger partial charge in [0, 0.05) is 39.1 Å². The van der Waals surface area contributed by atoms with Gasteiger partial charge in [0.15, 0.2) is 0 Å². The fourth-order valence-electron chi connectivity index (χ4n) is 4.74. The van der Waals surface area contributed by atoms with E-state index in [0.717, 1.165) is 37.4 Å². The van der Waals surface area contributed by atoms with Gasteiger partial charge in [-0.1, -0.05) is 33.1 Å². The van der Waals surface area contributed by atoms with Crippen molar-refractivity contribution in [3.05, 3.63) is 12.2 Å². The molecular weight excluding hydrogens is 309 g/mol. The van der Waals surface area contributed by atoms with Gasteiger partial charge in [-0.3, -0.25) is 5.57 Å². The molecule has 0 saturated heterocycles. The van der Waals surface area contributed by atoms with Crippen molar-refractivity contribution >= 4 is 6.29 Å². The van der Waals surface area contributed by atoms with E-state index < -0.39 is 0 Å². The summed E-state index contributed by atoms with van der Waals surface area (Å²) in [5, 5.41) is 0. The van der Waals surface area contributed by atoms with Gasteiger partial charge in [0.25, 0.3) is 0 Å². The van der Waals surface area contributed by atoms with Gasteiger partial charge in [0.2, 0.25) is 0 Å². The molecule has 0 spiro atoms. The van der Waals surface area contributed by atoms with Crippen LogP contribution in [0.3, 0.4) is 0 Å². The third-order valence-corrected chi connectivity index (χ3v) is 5.71. The van der Waals surface area contributed by atoms with Crippen molar-refractivity contribution in [1.29, 1.82) is 0 Å². The summed E-state index contributed by atoms with van der Waals surface area (Å²) >= 11 is 0. The van der Waals surface area contributed by atoms with E-state index in [1.807, 2.05) is 0 Å². The van der Waals surface area contributed by atoms with Crippen molar-refractivity contribution in [2.75, 3.05) is 0 Å². The molecule has 0 heterocycles. The number of aldehydes is 1. The van der Waals surface area contributed by atoms with Crippen molar-refractivity contribution < 1.29 is 37.5 Å². The van der Waals surface area contributed by atoms with E-state index in [9.17, 15) is 4.79 Å². The molecule has 0 N–H and O–H groups in total. The van der Waals surface area contributed by atoms with Crippen molar-refractivity contribution in [2.45, 2.75) is 65.2 Å². The third-order valence-electron chi connectivity index (χ3n) is 5.71. The minimum atomic E-state index is 0. The topological polar surface area (TPSA) is 17.1 Å². The molecule has 2 heteroatoms. The van der Waals surface area contributed by atoms with Crippen LogP contribution in [-0.4, -0.2) is 6.29 Å². The number of carbonyl (C=O) groups excluding carboxylic acids is 1. The molecule has 105 valence electrons. The normalized spacial score (nSPS) is 35.4. The Kier molecular flexibility index (Phi) is 6.94. The molecule has 0 aromatic heterocycles. The fourth-order valence-corrected chi connectivity index (χ4v) is 4.74. The molecule has 0 aromatic rings. The van der Waals surface area contributed by atoms with Crippen LogP contribution in [0.2, 0.25) is 0 Å². The van der Waals surface area contributed by atoms with E-state index >= 15 is 0 Å². The summed E-state index contributed by atoms with van der Waals surface area (Å²) in [5.41, 5.74) is 1.72. The van der Waals surface area contributed by atoms with Gasteiger partial charge < -0.3 is 11.4 Å². The molecule has 0 aliphatic heterocycles. The van der Waals surface area contributed by atoms with E-state index in [2.05, 4.69) is 13.8 Å². The standard InChI is InChI=1S/C17H27O.Y/c1-13(7-4-5-12-18)15-9-10-16-14(2)8-6-11-17(15,16)3;/h2,12-13,15-16H,4-11H2,1,3H3;/q-1;/t13-,15-,16?,17-;/m1./s1. The first kappa shape index (κ1) is 17.6. The van der Waals surface area contributed by atoms with Crippen molar-refractivity contribution in [3.8, 4) is 0 Å². The number of unbranched alkanes of at least 4 members (excludes halogenated alkanes) is 1. The summed E-state index contributed by atoms with van der Waals surface area (Å²) in [6.07, 6.45) is 10.4. The average Bonchev–Trinajstić information content (AvgIpc) is 2.68. The van der Waals surface area contributed by atoms with Crippen LogP contribution in [-0.2, 0) is 37.5 Å². The van der Waals surface area contributed by atoms with Crippen LogP contribution in [0.4, 0.5) is 0 Å². The molecule has 2 aliphatic carbocycles.